The van der Waals surface area contributed by atoms with Gasteiger partial charge in [0.25, 0.3) is 0 Å². The van der Waals surface area contributed by atoms with Gasteiger partial charge in [0.15, 0.2) is 5.78 Å². The molecule has 212 valence electrons. The molecule has 8 nitrogen and oxygen atoms in total. The van der Waals surface area contributed by atoms with E-state index >= 15 is 0 Å². The largest absolute Gasteiger partial charge is 0.481 e. The minimum absolute atomic E-state index is 0.0564. The predicted octanol–water partition coefficient (Wildman–Crippen LogP) is 5.38. The van der Waals surface area contributed by atoms with Crippen LogP contribution in [0.15, 0.2) is 109 Å². The maximum absolute atomic E-state index is 13.7. The number of anilines is 1. The molecule has 0 aromatic heterocycles. The molecule has 0 radical (unpaired) electrons. The van der Waals surface area contributed by atoms with Crippen LogP contribution in [0, 0.1) is 5.82 Å². The quantitative estimate of drug-likeness (QED) is 0.167. The number of nitrogens with one attached hydrogen (secondary N) is 1. The monoisotopic (exact) mass is 576 g/mol. The average molecular weight is 577 g/mol. The Kier molecular flexibility index (Phi) is 9.68. The van der Waals surface area contributed by atoms with E-state index in [9.17, 15) is 28.3 Å². The van der Waals surface area contributed by atoms with Crippen LogP contribution in [-0.4, -0.2) is 39.4 Å². The molecule has 1 unspecified atom stereocenters. The van der Waals surface area contributed by atoms with Crippen molar-refractivity contribution in [3.8, 4) is 11.1 Å². The lowest BCUT2D eigenvalue weighted by Gasteiger charge is -2.39. The number of benzene rings is 4. The second kappa shape index (κ2) is 13.4. The summed E-state index contributed by atoms with van der Waals surface area (Å²) in [5.74, 6) is -3.51. The Hall–Kier alpha value is -4.30. The minimum Gasteiger partial charge on any atom is -0.481 e. The fraction of sp³-hybridized carbons (Fsp3) is 0.161. The molecule has 0 bridgehead atoms. The van der Waals surface area contributed by atoms with Crippen LogP contribution in [0.2, 0.25) is 0 Å². The predicted molar refractivity (Wildman–Crippen MR) is 155 cm³/mol. The maximum Gasteiger partial charge on any atom is 0.352 e. The van der Waals surface area contributed by atoms with E-state index < -0.39 is 31.3 Å². The lowest BCUT2D eigenvalue weighted by atomic mass is 9.98. The van der Waals surface area contributed by atoms with Crippen molar-refractivity contribution in [1.29, 1.82) is 0 Å². The summed E-state index contributed by atoms with van der Waals surface area (Å²) in [4.78, 5) is 47.5. The van der Waals surface area contributed by atoms with Crippen LogP contribution in [0.5, 0.6) is 0 Å². The standard InChI is InChI=1S/C31H30FN2O6P/c32-26-17-15-24(16-18-26)23-13-11-22(12-14-23)21-28(30(37)33-20-19-29(35)36)34(27-9-5-2-6-10-27)31(41(38,39)40)25-7-3-1-4-8-25/h1-18,28,31H,19-21H2,(H,33,37)(H,35,36)(H2,38,39,40)/t28-,31?/m0/s1. The van der Waals surface area contributed by atoms with Gasteiger partial charge in [-0.05, 0) is 46.5 Å². The molecule has 1 amide bonds. The highest BCUT2D eigenvalue weighted by Crippen LogP contribution is 2.55. The number of hydrogen-bond acceptors (Lipinski definition) is 4. The molecule has 0 aliphatic heterocycles. The van der Waals surface area contributed by atoms with Gasteiger partial charge in [-0.15, -0.1) is 0 Å². The maximum atomic E-state index is 13.7. The minimum atomic E-state index is -4.89. The second-order valence-corrected chi connectivity index (χ2v) is 11.1. The molecular formula is C31H30FN2O6P. The molecule has 0 aliphatic rings. The molecule has 0 aliphatic carbocycles. The van der Waals surface area contributed by atoms with Crippen LogP contribution in [0.4, 0.5) is 10.1 Å². The summed E-state index contributed by atoms with van der Waals surface area (Å²) < 4.78 is 26.4. The number of aliphatic carboxylic acids is 1. The Morgan fingerprint density at radius 2 is 1.34 bits per heavy atom. The number of carbonyl (C=O) groups excluding carboxylic acids is 1. The Balaban J connectivity index is 1.78. The van der Waals surface area contributed by atoms with Gasteiger partial charge < -0.3 is 25.1 Å². The summed E-state index contributed by atoms with van der Waals surface area (Å²) >= 11 is 0. The lowest BCUT2D eigenvalue weighted by molar-refractivity contribution is -0.136. The van der Waals surface area contributed by atoms with Gasteiger partial charge in [0.2, 0.25) is 5.91 Å². The second-order valence-electron chi connectivity index (χ2n) is 9.47. The number of para-hydroxylation sites is 1. The smallest absolute Gasteiger partial charge is 0.352 e. The topological polar surface area (TPSA) is 127 Å². The van der Waals surface area contributed by atoms with Crippen molar-refractivity contribution in [3.63, 3.8) is 0 Å². The van der Waals surface area contributed by atoms with E-state index in [4.69, 9.17) is 5.11 Å². The van der Waals surface area contributed by atoms with Crippen molar-refractivity contribution in [3.05, 3.63) is 126 Å². The zero-order chi connectivity index (χ0) is 29.4. The fourth-order valence-electron chi connectivity index (χ4n) is 4.66. The highest BCUT2D eigenvalue weighted by Gasteiger charge is 2.42. The number of carboxylic acids is 1. The van der Waals surface area contributed by atoms with Crippen LogP contribution in [0.25, 0.3) is 11.1 Å². The number of nitrogens with zero attached hydrogens (tertiary/aromatic N) is 1. The van der Waals surface area contributed by atoms with Crippen LogP contribution in [0.3, 0.4) is 0 Å². The van der Waals surface area contributed by atoms with E-state index in [1.165, 1.54) is 17.0 Å². The molecule has 4 rings (SSSR count). The number of hydrogen-bond donors (Lipinski definition) is 4. The molecule has 4 aromatic rings. The molecule has 41 heavy (non-hydrogen) atoms. The average Bonchev–Trinajstić information content (AvgIpc) is 2.95. The Labute approximate surface area is 237 Å². The summed E-state index contributed by atoms with van der Waals surface area (Å²) in [5.41, 5.74) is 3.06. The first-order valence-corrected chi connectivity index (χ1v) is 14.6. The summed E-state index contributed by atoms with van der Waals surface area (Å²) in [5, 5.41) is 11.7. The SMILES string of the molecule is O=C(O)CCNC(=O)[C@H](Cc1ccc(-c2ccc(F)cc2)cc1)N(c1ccccc1)C(c1ccccc1)P(=O)(O)O. The van der Waals surface area contributed by atoms with Crippen molar-refractivity contribution in [1.82, 2.24) is 5.32 Å². The van der Waals surface area contributed by atoms with E-state index in [-0.39, 0.29) is 25.2 Å². The van der Waals surface area contributed by atoms with E-state index in [0.717, 1.165) is 11.1 Å². The van der Waals surface area contributed by atoms with Gasteiger partial charge in [0, 0.05) is 18.7 Å². The molecule has 10 heteroatoms. The van der Waals surface area contributed by atoms with Gasteiger partial charge in [0.1, 0.15) is 11.9 Å². The van der Waals surface area contributed by atoms with Crippen LogP contribution < -0.4 is 10.2 Å². The normalized spacial score (nSPS) is 12.8. The van der Waals surface area contributed by atoms with Gasteiger partial charge in [0.05, 0.1) is 6.42 Å². The van der Waals surface area contributed by atoms with Gasteiger partial charge in [-0.25, -0.2) is 4.39 Å². The number of amides is 1. The molecule has 0 fully saturated rings. The van der Waals surface area contributed by atoms with Crippen molar-refractivity contribution in [2.24, 2.45) is 0 Å². The Morgan fingerprint density at radius 1 is 0.805 bits per heavy atom. The summed E-state index contributed by atoms with van der Waals surface area (Å²) in [6.45, 7) is -0.150. The zero-order valence-electron chi connectivity index (χ0n) is 22.0. The molecule has 4 N–H and O–H groups in total. The number of rotatable bonds is 12. The number of halogens is 1. The summed E-state index contributed by atoms with van der Waals surface area (Å²) in [6, 6.07) is 28.9. The summed E-state index contributed by atoms with van der Waals surface area (Å²) in [7, 11) is -4.89. The third-order valence-corrected chi connectivity index (χ3v) is 7.76. The van der Waals surface area contributed by atoms with Crippen molar-refractivity contribution in [2.45, 2.75) is 24.7 Å². The molecule has 0 spiro atoms. The highest BCUT2D eigenvalue weighted by molar-refractivity contribution is 7.52. The number of carbonyl (C=O) groups is 2. The van der Waals surface area contributed by atoms with Gasteiger partial charge in [-0.3, -0.25) is 14.2 Å². The Morgan fingerprint density at radius 3 is 1.88 bits per heavy atom. The van der Waals surface area contributed by atoms with E-state index in [1.54, 1.807) is 84.9 Å². The van der Waals surface area contributed by atoms with E-state index in [1.807, 2.05) is 12.1 Å². The molecule has 2 atom stereocenters. The molecule has 0 heterocycles. The fourth-order valence-corrected chi connectivity index (χ4v) is 5.84. The highest BCUT2D eigenvalue weighted by atomic mass is 31.2. The first kappa shape index (κ1) is 29.7. The zero-order valence-corrected chi connectivity index (χ0v) is 22.9. The van der Waals surface area contributed by atoms with Crippen molar-refractivity contribution in [2.75, 3.05) is 11.4 Å². The van der Waals surface area contributed by atoms with Crippen LogP contribution in [0.1, 0.15) is 23.3 Å². The first-order valence-electron chi connectivity index (χ1n) is 12.9. The third-order valence-electron chi connectivity index (χ3n) is 6.57. The summed E-state index contributed by atoms with van der Waals surface area (Å²) in [6.07, 6.45) is -0.252. The van der Waals surface area contributed by atoms with Gasteiger partial charge >= 0.3 is 13.6 Å². The Bertz CT molecular complexity index is 1500. The van der Waals surface area contributed by atoms with Crippen LogP contribution in [-0.2, 0) is 20.6 Å². The van der Waals surface area contributed by atoms with E-state index in [2.05, 4.69) is 5.32 Å². The lowest BCUT2D eigenvalue weighted by Crippen LogP contribution is -2.50. The van der Waals surface area contributed by atoms with Crippen LogP contribution >= 0.6 is 7.60 Å². The van der Waals surface area contributed by atoms with Gasteiger partial charge in [-0.2, -0.15) is 0 Å². The first-order chi connectivity index (χ1) is 19.6. The molecule has 0 saturated carbocycles. The molecule has 0 saturated heterocycles. The molecular weight excluding hydrogens is 546 g/mol. The van der Waals surface area contributed by atoms with Crippen molar-refractivity contribution < 1.29 is 33.4 Å². The molecule has 4 aromatic carbocycles. The van der Waals surface area contributed by atoms with E-state index in [0.29, 0.717) is 16.8 Å². The number of carboxylic acid groups (broad SMARTS) is 1. The van der Waals surface area contributed by atoms with Crippen molar-refractivity contribution >= 4 is 25.2 Å². The van der Waals surface area contributed by atoms with Gasteiger partial charge in [-0.1, -0.05) is 84.9 Å². The third kappa shape index (κ3) is 7.89.